The van der Waals surface area contributed by atoms with Crippen molar-refractivity contribution >= 4 is 23.7 Å². The maximum atomic E-state index is 12.3. The molecule has 3 amide bonds. The SMILES string of the molecule is CC1(C)C(=O)NC(=O)CN1C(=O)c1cn(CC(=O)O)nn1. The zero-order valence-corrected chi connectivity index (χ0v) is 11.4. The minimum atomic E-state index is -1.22. The van der Waals surface area contributed by atoms with E-state index < -0.39 is 35.8 Å². The van der Waals surface area contributed by atoms with Crippen molar-refractivity contribution in [3.8, 4) is 0 Å². The Hall–Kier alpha value is -2.78. The number of carbonyl (C=O) groups excluding carboxylic acids is 3. The van der Waals surface area contributed by atoms with Gasteiger partial charge in [0.2, 0.25) is 5.91 Å². The molecule has 1 fully saturated rings. The molecular weight excluding hydrogens is 282 g/mol. The second-order valence-corrected chi connectivity index (χ2v) is 5.02. The third-order valence-electron chi connectivity index (χ3n) is 3.09. The maximum Gasteiger partial charge on any atom is 0.325 e. The lowest BCUT2D eigenvalue weighted by Gasteiger charge is -2.39. The molecule has 21 heavy (non-hydrogen) atoms. The van der Waals surface area contributed by atoms with Gasteiger partial charge in [0.15, 0.2) is 5.69 Å². The molecule has 0 unspecified atom stereocenters. The first-order valence-electron chi connectivity index (χ1n) is 6.00. The summed E-state index contributed by atoms with van der Waals surface area (Å²) in [5, 5.41) is 17.9. The Labute approximate surface area is 118 Å². The van der Waals surface area contributed by atoms with Gasteiger partial charge < -0.3 is 10.0 Å². The number of aliphatic carboxylic acids is 1. The lowest BCUT2D eigenvalue weighted by molar-refractivity contribution is -0.143. The molecule has 0 bridgehead atoms. The van der Waals surface area contributed by atoms with Crippen LogP contribution < -0.4 is 5.32 Å². The molecular formula is C11H13N5O5. The molecule has 1 aromatic heterocycles. The summed E-state index contributed by atoms with van der Waals surface area (Å²) < 4.78 is 0.981. The number of piperazine rings is 1. The first-order valence-corrected chi connectivity index (χ1v) is 6.00. The van der Waals surface area contributed by atoms with E-state index in [1.807, 2.05) is 0 Å². The molecule has 0 spiro atoms. The van der Waals surface area contributed by atoms with Crippen LogP contribution in [0.5, 0.6) is 0 Å². The van der Waals surface area contributed by atoms with Crippen LogP contribution >= 0.6 is 0 Å². The fourth-order valence-corrected chi connectivity index (χ4v) is 1.86. The van der Waals surface area contributed by atoms with Gasteiger partial charge in [-0.15, -0.1) is 5.10 Å². The summed E-state index contributed by atoms with van der Waals surface area (Å²) in [5.74, 6) is -2.98. The average Bonchev–Trinajstić information content (AvgIpc) is 2.81. The van der Waals surface area contributed by atoms with Crippen molar-refractivity contribution in [1.29, 1.82) is 0 Å². The van der Waals surface area contributed by atoms with Crippen LogP contribution in [0, 0.1) is 0 Å². The molecule has 0 aliphatic carbocycles. The molecule has 0 aromatic carbocycles. The number of carboxylic acids is 1. The van der Waals surface area contributed by atoms with Crippen molar-refractivity contribution in [2.45, 2.75) is 25.9 Å². The number of hydrogen-bond acceptors (Lipinski definition) is 6. The van der Waals surface area contributed by atoms with Crippen LogP contribution in [0.15, 0.2) is 6.20 Å². The lowest BCUT2D eigenvalue weighted by atomic mass is 9.98. The Balaban J connectivity index is 2.25. The Morgan fingerprint density at radius 3 is 2.71 bits per heavy atom. The predicted octanol–water partition coefficient (Wildman–Crippen LogP) is -1.76. The lowest BCUT2D eigenvalue weighted by Crippen LogP contribution is -2.65. The van der Waals surface area contributed by atoms with E-state index in [2.05, 4.69) is 15.6 Å². The molecule has 0 saturated carbocycles. The standard InChI is InChI=1S/C11H13N5O5/c1-11(2)10(21)12-7(17)4-16(11)9(20)6-3-15(14-13-6)5-8(18)19/h3H,4-5H2,1-2H3,(H,18,19)(H,12,17,21). The first-order chi connectivity index (χ1) is 9.71. The van der Waals surface area contributed by atoms with Crippen molar-refractivity contribution in [1.82, 2.24) is 25.2 Å². The monoisotopic (exact) mass is 295 g/mol. The van der Waals surface area contributed by atoms with Crippen LogP contribution in [-0.2, 0) is 20.9 Å². The third kappa shape index (κ3) is 2.73. The zero-order chi connectivity index (χ0) is 15.8. The van der Waals surface area contributed by atoms with Crippen LogP contribution in [0.25, 0.3) is 0 Å². The summed E-state index contributed by atoms with van der Waals surface area (Å²) >= 11 is 0. The molecule has 10 heteroatoms. The van der Waals surface area contributed by atoms with Gasteiger partial charge in [0, 0.05) is 0 Å². The summed E-state index contributed by atoms with van der Waals surface area (Å²) in [6, 6.07) is 0. The molecule has 1 aromatic rings. The summed E-state index contributed by atoms with van der Waals surface area (Å²) in [7, 11) is 0. The van der Waals surface area contributed by atoms with Gasteiger partial charge >= 0.3 is 5.97 Å². The number of nitrogens with one attached hydrogen (secondary N) is 1. The predicted molar refractivity (Wildman–Crippen MR) is 65.9 cm³/mol. The van der Waals surface area contributed by atoms with E-state index in [0.717, 1.165) is 15.8 Å². The van der Waals surface area contributed by atoms with E-state index in [1.165, 1.54) is 13.8 Å². The normalized spacial score (nSPS) is 17.5. The van der Waals surface area contributed by atoms with Crippen LogP contribution in [0.3, 0.4) is 0 Å². The third-order valence-corrected chi connectivity index (χ3v) is 3.09. The number of rotatable bonds is 3. The molecule has 1 aliphatic rings. The van der Waals surface area contributed by atoms with Gasteiger partial charge in [0.05, 0.1) is 6.20 Å². The minimum absolute atomic E-state index is 0.133. The Morgan fingerprint density at radius 1 is 1.43 bits per heavy atom. The maximum absolute atomic E-state index is 12.3. The number of amides is 3. The molecule has 112 valence electrons. The highest BCUT2D eigenvalue weighted by Gasteiger charge is 2.44. The van der Waals surface area contributed by atoms with E-state index in [-0.39, 0.29) is 12.2 Å². The average molecular weight is 295 g/mol. The largest absolute Gasteiger partial charge is 0.480 e. The molecule has 1 aliphatic heterocycles. The van der Waals surface area contributed by atoms with Crippen molar-refractivity contribution in [2.24, 2.45) is 0 Å². The Kier molecular flexibility index (Phi) is 3.45. The van der Waals surface area contributed by atoms with Crippen LogP contribution in [0.2, 0.25) is 0 Å². The number of carbonyl (C=O) groups is 4. The molecule has 10 nitrogen and oxygen atoms in total. The smallest absolute Gasteiger partial charge is 0.325 e. The number of nitrogens with zero attached hydrogens (tertiary/aromatic N) is 4. The molecule has 1 saturated heterocycles. The molecule has 2 rings (SSSR count). The van der Waals surface area contributed by atoms with Crippen LogP contribution in [0.1, 0.15) is 24.3 Å². The van der Waals surface area contributed by atoms with Crippen molar-refractivity contribution in [2.75, 3.05) is 6.54 Å². The molecule has 0 radical (unpaired) electrons. The molecule has 2 N–H and O–H groups in total. The summed E-state index contributed by atoms with van der Waals surface area (Å²) in [6.07, 6.45) is 1.16. The topological polar surface area (TPSA) is 134 Å². The minimum Gasteiger partial charge on any atom is -0.480 e. The Bertz CT molecular complexity index is 635. The van der Waals surface area contributed by atoms with Crippen LogP contribution in [-0.4, -0.2) is 60.8 Å². The highest BCUT2D eigenvalue weighted by Crippen LogP contribution is 2.20. The van der Waals surface area contributed by atoms with Crippen LogP contribution in [0.4, 0.5) is 0 Å². The molecule has 0 atom stereocenters. The Morgan fingerprint density at radius 2 is 2.10 bits per heavy atom. The van der Waals surface area contributed by atoms with Gasteiger partial charge in [-0.05, 0) is 13.8 Å². The first kappa shape index (κ1) is 14.6. The highest BCUT2D eigenvalue weighted by atomic mass is 16.4. The van der Waals surface area contributed by atoms with Gasteiger partial charge in [0.1, 0.15) is 18.6 Å². The summed E-state index contributed by atoms with van der Waals surface area (Å²) in [5.41, 5.74) is -1.35. The number of aromatic nitrogens is 3. The van der Waals surface area contributed by atoms with Gasteiger partial charge in [-0.3, -0.25) is 24.5 Å². The number of hydrogen-bond donors (Lipinski definition) is 2. The van der Waals surface area contributed by atoms with Gasteiger partial charge in [-0.2, -0.15) is 0 Å². The zero-order valence-electron chi connectivity index (χ0n) is 11.4. The number of carboxylic acid groups (broad SMARTS) is 1. The van der Waals surface area contributed by atoms with E-state index >= 15 is 0 Å². The fraction of sp³-hybridized carbons (Fsp3) is 0.455. The van der Waals surface area contributed by atoms with Crippen molar-refractivity contribution < 1.29 is 24.3 Å². The number of imide groups is 1. The second-order valence-electron chi connectivity index (χ2n) is 5.02. The van der Waals surface area contributed by atoms with Gasteiger partial charge in [-0.1, -0.05) is 5.21 Å². The second kappa shape index (κ2) is 4.96. The highest BCUT2D eigenvalue weighted by molar-refractivity contribution is 6.08. The summed E-state index contributed by atoms with van der Waals surface area (Å²) in [6.45, 7) is 2.26. The van der Waals surface area contributed by atoms with E-state index in [4.69, 9.17) is 5.11 Å². The van der Waals surface area contributed by atoms with Crippen molar-refractivity contribution in [3.63, 3.8) is 0 Å². The van der Waals surface area contributed by atoms with E-state index in [9.17, 15) is 19.2 Å². The molecule has 2 heterocycles. The summed E-state index contributed by atoms with van der Waals surface area (Å²) in [4.78, 5) is 47.2. The fourth-order valence-electron chi connectivity index (χ4n) is 1.86. The van der Waals surface area contributed by atoms with E-state index in [0.29, 0.717) is 0 Å². The van der Waals surface area contributed by atoms with Gasteiger partial charge in [0.25, 0.3) is 11.8 Å². The van der Waals surface area contributed by atoms with Gasteiger partial charge in [-0.25, -0.2) is 4.68 Å². The van der Waals surface area contributed by atoms with E-state index in [1.54, 1.807) is 0 Å². The quantitative estimate of drug-likeness (QED) is 0.631. The van der Waals surface area contributed by atoms with Crippen molar-refractivity contribution in [3.05, 3.63) is 11.9 Å².